The van der Waals surface area contributed by atoms with Gasteiger partial charge < -0.3 is 4.42 Å². The van der Waals surface area contributed by atoms with Gasteiger partial charge in [0, 0.05) is 0 Å². The molecule has 0 fully saturated rings. The lowest BCUT2D eigenvalue weighted by Crippen LogP contribution is -2.44. The van der Waals surface area contributed by atoms with E-state index in [1.54, 1.807) is 0 Å². The molecule has 1 rings (SSSR count). The van der Waals surface area contributed by atoms with E-state index in [2.05, 4.69) is 33.8 Å². The Morgan fingerprint density at radius 2 is 1.69 bits per heavy atom. The minimum absolute atomic E-state index is 1.24. The van der Waals surface area contributed by atoms with Crippen LogP contribution in [0, 0.1) is 6.92 Å². The molecule has 0 spiro atoms. The molecular weight excluding hydrogens is 176 g/mol. The Morgan fingerprint density at radius 3 is 2.00 bits per heavy atom. The van der Waals surface area contributed by atoms with Gasteiger partial charge in [-0.25, -0.2) is 0 Å². The Kier molecular flexibility index (Phi) is 3.37. The molecule has 2 heteroatoms. The molecule has 13 heavy (non-hydrogen) atoms. The summed E-state index contributed by atoms with van der Waals surface area (Å²) in [4.78, 5) is 0. The third-order valence-corrected chi connectivity index (χ3v) is 8.65. The van der Waals surface area contributed by atoms with Crippen LogP contribution in [-0.2, 0) is 0 Å². The number of furan rings is 1. The van der Waals surface area contributed by atoms with Crippen molar-refractivity contribution in [1.82, 2.24) is 0 Å². The Balaban J connectivity index is 3.00. The summed E-state index contributed by atoms with van der Waals surface area (Å²) < 4.78 is 5.66. The molecule has 1 nitrogen and oxygen atoms in total. The Bertz CT molecular complexity index is 253. The summed E-state index contributed by atoms with van der Waals surface area (Å²) in [6.45, 7) is 9.01. The standard InChI is InChI=1S/C11H20OSi/c1-5-13(6-2,7-3)11-8-10(4)9-12-11/h8-9H,5-7H2,1-4H3. The monoisotopic (exact) mass is 196 g/mol. The van der Waals surface area contributed by atoms with Crippen LogP contribution in [0.4, 0.5) is 0 Å². The van der Waals surface area contributed by atoms with E-state index >= 15 is 0 Å². The van der Waals surface area contributed by atoms with E-state index in [0.717, 1.165) is 0 Å². The molecular formula is C11H20OSi. The first-order chi connectivity index (χ1) is 6.18. The van der Waals surface area contributed by atoms with Crippen LogP contribution in [-0.4, -0.2) is 8.07 Å². The molecule has 0 saturated carbocycles. The fourth-order valence-electron chi connectivity index (χ4n) is 1.98. The van der Waals surface area contributed by atoms with Gasteiger partial charge in [0.1, 0.15) is 8.07 Å². The van der Waals surface area contributed by atoms with Crippen LogP contribution in [0.3, 0.4) is 0 Å². The van der Waals surface area contributed by atoms with Gasteiger partial charge in [-0.3, -0.25) is 0 Å². The van der Waals surface area contributed by atoms with Crippen LogP contribution in [0.5, 0.6) is 0 Å². The van der Waals surface area contributed by atoms with Crippen molar-refractivity contribution in [2.24, 2.45) is 0 Å². The second kappa shape index (κ2) is 4.14. The average molecular weight is 196 g/mol. The second-order valence-electron chi connectivity index (χ2n) is 3.83. The third-order valence-electron chi connectivity index (χ3n) is 3.28. The molecule has 0 aromatic carbocycles. The van der Waals surface area contributed by atoms with E-state index in [4.69, 9.17) is 4.42 Å². The fourth-order valence-corrected chi connectivity index (χ4v) is 5.37. The van der Waals surface area contributed by atoms with Gasteiger partial charge in [0.05, 0.1) is 11.6 Å². The molecule has 1 aromatic heterocycles. The summed E-state index contributed by atoms with van der Waals surface area (Å²) in [5.74, 6) is 0. The summed E-state index contributed by atoms with van der Waals surface area (Å²) in [5, 5.41) is 1.30. The second-order valence-corrected chi connectivity index (χ2v) is 9.00. The van der Waals surface area contributed by atoms with Crippen LogP contribution in [0.15, 0.2) is 16.7 Å². The molecule has 0 N–H and O–H groups in total. The van der Waals surface area contributed by atoms with Crippen LogP contribution in [0.25, 0.3) is 0 Å². The Hall–Kier alpha value is -0.503. The third kappa shape index (κ3) is 1.88. The fraction of sp³-hybridized carbons (Fsp3) is 0.636. The van der Waals surface area contributed by atoms with Crippen LogP contribution in [0.1, 0.15) is 26.3 Å². The van der Waals surface area contributed by atoms with Crippen molar-refractivity contribution in [3.8, 4) is 0 Å². The highest BCUT2D eigenvalue weighted by Crippen LogP contribution is 2.20. The molecule has 0 aliphatic heterocycles. The molecule has 0 radical (unpaired) electrons. The topological polar surface area (TPSA) is 13.1 Å². The molecule has 0 saturated heterocycles. The van der Waals surface area contributed by atoms with Crippen molar-refractivity contribution in [2.45, 2.75) is 45.8 Å². The van der Waals surface area contributed by atoms with E-state index in [1.807, 2.05) is 6.26 Å². The van der Waals surface area contributed by atoms with Gasteiger partial charge in [0.15, 0.2) is 0 Å². The zero-order valence-electron chi connectivity index (χ0n) is 9.18. The largest absolute Gasteiger partial charge is 0.474 e. The van der Waals surface area contributed by atoms with E-state index in [9.17, 15) is 0 Å². The van der Waals surface area contributed by atoms with Crippen LogP contribution < -0.4 is 5.38 Å². The zero-order chi connectivity index (χ0) is 9.90. The first-order valence-corrected chi connectivity index (χ1v) is 7.86. The molecule has 1 aromatic rings. The first kappa shape index (κ1) is 10.6. The van der Waals surface area contributed by atoms with Crippen molar-refractivity contribution in [3.63, 3.8) is 0 Å². The average Bonchev–Trinajstić information content (AvgIpc) is 2.57. The SMILES string of the molecule is CC[Si](CC)(CC)c1cc(C)co1. The molecule has 1 heterocycles. The van der Waals surface area contributed by atoms with Crippen molar-refractivity contribution < 1.29 is 4.42 Å². The van der Waals surface area contributed by atoms with Gasteiger partial charge in [0.2, 0.25) is 0 Å². The highest BCUT2D eigenvalue weighted by molar-refractivity contribution is 6.90. The van der Waals surface area contributed by atoms with Crippen LogP contribution in [0.2, 0.25) is 18.1 Å². The van der Waals surface area contributed by atoms with Crippen molar-refractivity contribution in [2.75, 3.05) is 0 Å². The number of rotatable bonds is 4. The van der Waals surface area contributed by atoms with Gasteiger partial charge in [-0.05, 0) is 18.6 Å². The summed E-state index contributed by atoms with van der Waals surface area (Å²) in [6, 6.07) is 6.13. The Labute approximate surface area is 82.2 Å². The van der Waals surface area contributed by atoms with Crippen molar-refractivity contribution in [3.05, 3.63) is 17.9 Å². The summed E-state index contributed by atoms with van der Waals surface area (Å²) in [7, 11) is -1.24. The molecule has 0 bridgehead atoms. The predicted molar refractivity (Wildman–Crippen MR) is 60.3 cm³/mol. The highest BCUT2D eigenvalue weighted by atomic mass is 28.3. The van der Waals surface area contributed by atoms with Crippen molar-refractivity contribution in [1.29, 1.82) is 0 Å². The lowest BCUT2D eigenvalue weighted by atomic mass is 10.4. The predicted octanol–water partition coefficient (Wildman–Crippen LogP) is 3.30. The molecule has 0 aliphatic carbocycles. The van der Waals surface area contributed by atoms with Crippen LogP contribution >= 0.6 is 0 Å². The lowest BCUT2D eigenvalue weighted by molar-refractivity contribution is 0.593. The number of aryl methyl sites for hydroxylation is 1. The van der Waals surface area contributed by atoms with Gasteiger partial charge in [-0.1, -0.05) is 38.9 Å². The number of hydrogen-bond donors (Lipinski definition) is 0. The molecule has 74 valence electrons. The summed E-state index contributed by atoms with van der Waals surface area (Å²) in [6.07, 6.45) is 1.89. The zero-order valence-corrected chi connectivity index (χ0v) is 10.2. The summed E-state index contributed by atoms with van der Waals surface area (Å²) in [5.41, 5.74) is 1.27. The first-order valence-electron chi connectivity index (χ1n) is 5.24. The maximum absolute atomic E-state index is 5.66. The van der Waals surface area contributed by atoms with E-state index < -0.39 is 8.07 Å². The van der Waals surface area contributed by atoms with Gasteiger partial charge in [-0.2, -0.15) is 0 Å². The van der Waals surface area contributed by atoms with E-state index in [1.165, 1.54) is 29.1 Å². The number of hydrogen-bond acceptors (Lipinski definition) is 1. The molecule has 0 atom stereocenters. The molecule has 0 aliphatic rings. The lowest BCUT2D eigenvalue weighted by Gasteiger charge is -2.24. The van der Waals surface area contributed by atoms with Gasteiger partial charge in [-0.15, -0.1) is 0 Å². The maximum atomic E-state index is 5.66. The quantitative estimate of drug-likeness (QED) is 0.673. The minimum atomic E-state index is -1.24. The summed E-state index contributed by atoms with van der Waals surface area (Å²) >= 11 is 0. The van der Waals surface area contributed by atoms with Gasteiger partial charge in [0.25, 0.3) is 0 Å². The highest BCUT2D eigenvalue weighted by Gasteiger charge is 2.32. The van der Waals surface area contributed by atoms with E-state index in [0.29, 0.717) is 0 Å². The van der Waals surface area contributed by atoms with Crippen molar-refractivity contribution >= 4 is 13.5 Å². The Morgan fingerprint density at radius 1 is 1.15 bits per heavy atom. The molecule has 0 amide bonds. The minimum Gasteiger partial charge on any atom is -0.474 e. The maximum Gasteiger partial charge on any atom is 0.131 e. The smallest absolute Gasteiger partial charge is 0.131 e. The van der Waals surface area contributed by atoms with Gasteiger partial charge >= 0.3 is 0 Å². The molecule has 0 unspecified atom stereocenters. The van der Waals surface area contributed by atoms with E-state index in [-0.39, 0.29) is 0 Å². The normalized spacial score (nSPS) is 12.0.